The highest BCUT2D eigenvalue weighted by Crippen LogP contribution is 2.29. The summed E-state index contributed by atoms with van der Waals surface area (Å²) < 4.78 is 13.4. The summed E-state index contributed by atoms with van der Waals surface area (Å²) >= 11 is 0. The van der Waals surface area contributed by atoms with Crippen LogP contribution in [0, 0.1) is 6.92 Å². The molecule has 3 nitrogen and oxygen atoms in total. The first kappa shape index (κ1) is 13.6. The Morgan fingerprint density at radius 3 is 2.52 bits per heavy atom. The fourth-order valence-electron chi connectivity index (χ4n) is 2.76. The van der Waals surface area contributed by atoms with Crippen molar-refractivity contribution in [2.45, 2.75) is 13.5 Å². The molecule has 0 spiro atoms. The first-order valence-electron chi connectivity index (χ1n) is 7.00. The van der Waals surface area contributed by atoms with Crippen molar-refractivity contribution in [3.05, 3.63) is 59.8 Å². The number of hydrogen-bond donors (Lipinski definition) is 0. The van der Waals surface area contributed by atoms with Gasteiger partial charge in [0.1, 0.15) is 6.61 Å². The van der Waals surface area contributed by atoms with Crippen molar-refractivity contribution in [1.82, 2.24) is 4.57 Å². The maximum atomic E-state index is 5.94. The van der Waals surface area contributed by atoms with E-state index in [4.69, 9.17) is 9.47 Å². The van der Waals surface area contributed by atoms with Gasteiger partial charge >= 0.3 is 0 Å². The van der Waals surface area contributed by atoms with E-state index in [0.717, 1.165) is 11.5 Å². The number of fused-ring (bicyclic) bond motifs is 1. The third-order valence-electron chi connectivity index (χ3n) is 3.74. The van der Waals surface area contributed by atoms with Gasteiger partial charge in [-0.05, 0) is 24.6 Å². The number of rotatable bonds is 4. The van der Waals surface area contributed by atoms with E-state index in [1.54, 1.807) is 7.11 Å². The van der Waals surface area contributed by atoms with Gasteiger partial charge in [-0.2, -0.15) is 0 Å². The standard InChI is InChI=1S/C18H19NO2/c1-13-7-6-8-15-14(11-19(2)18(13)15)12-21-17-10-5-4-9-16(17)20-3/h4-11H,12H2,1-3H3. The lowest BCUT2D eigenvalue weighted by Gasteiger charge is -2.09. The minimum atomic E-state index is 0.529. The molecule has 1 aromatic heterocycles. The Bertz CT molecular complexity index is 774. The zero-order chi connectivity index (χ0) is 14.8. The summed E-state index contributed by atoms with van der Waals surface area (Å²) in [6, 6.07) is 14.1. The van der Waals surface area contributed by atoms with Gasteiger partial charge < -0.3 is 14.0 Å². The van der Waals surface area contributed by atoms with Gasteiger partial charge in [0.15, 0.2) is 11.5 Å². The second kappa shape index (κ2) is 5.52. The van der Waals surface area contributed by atoms with Crippen LogP contribution in [0.3, 0.4) is 0 Å². The van der Waals surface area contributed by atoms with E-state index in [2.05, 4.69) is 42.9 Å². The predicted molar refractivity (Wildman–Crippen MR) is 85.0 cm³/mol. The summed E-state index contributed by atoms with van der Waals surface area (Å²) in [5.74, 6) is 1.53. The number of para-hydroxylation sites is 3. The van der Waals surface area contributed by atoms with Gasteiger partial charge in [-0.15, -0.1) is 0 Å². The van der Waals surface area contributed by atoms with E-state index in [0.29, 0.717) is 6.61 Å². The second-order valence-corrected chi connectivity index (χ2v) is 5.18. The highest BCUT2D eigenvalue weighted by Gasteiger charge is 2.10. The Balaban J connectivity index is 1.91. The van der Waals surface area contributed by atoms with Crippen LogP contribution in [0.25, 0.3) is 10.9 Å². The fourth-order valence-corrected chi connectivity index (χ4v) is 2.76. The molecule has 0 saturated carbocycles. The second-order valence-electron chi connectivity index (χ2n) is 5.18. The first-order chi connectivity index (χ1) is 10.2. The number of benzene rings is 2. The number of ether oxygens (including phenoxy) is 2. The monoisotopic (exact) mass is 281 g/mol. The fraction of sp³-hybridized carbons (Fsp3) is 0.222. The highest BCUT2D eigenvalue weighted by molar-refractivity contribution is 5.86. The molecular weight excluding hydrogens is 262 g/mol. The van der Waals surface area contributed by atoms with Crippen molar-refractivity contribution in [1.29, 1.82) is 0 Å². The van der Waals surface area contributed by atoms with E-state index in [1.165, 1.54) is 22.0 Å². The molecule has 0 saturated heterocycles. The van der Waals surface area contributed by atoms with Gasteiger partial charge in [0, 0.05) is 24.2 Å². The number of nitrogens with zero attached hydrogens (tertiary/aromatic N) is 1. The van der Waals surface area contributed by atoms with E-state index in [1.807, 2.05) is 24.3 Å². The zero-order valence-corrected chi connectivity index (χ0v) is 12.6. The quantitative estimate of drug-likeness (QED) is 0.719. The summed E-state index contributed by atoms with van der Waals surface area (Å²) in [4.78, 5) is 0. The third-order valence-corrected chi connectivity index (χ3v) is 3.74. The van der Waals surface area contributed by atoms with Crippen molar-refractivity contribution in [3.63, 3.8) is 0 Å². The molecule has 0 aliphatic carbocycles. The maximum absolute atomic E-state index is 5.94. The van der Waals surface area contributed by atoms with Gasteiger partial charge in [-0.3, -0.25) is 0 Å². The average molecular weight is 281 g/mol. The molecule has 0 unspecified atom stereocenters. The van der Waals surface area contributed by atoms with Crippen LogP contribution < -0.4 is 9.47 Å². The normalized spacial score (nSPS) is 10.8. The van der Waals surface area contributed by atoms with Crippen LogP contribution in [0.15, 0.2) is 48.7 Å². The van der Waals surface area contributed by atoms with Crippen molar-refractivity contribution in [2.75, 3.05) is 7.11 Å². The summed E-state index contributed by atoms with van der Waals surface area (Å²) in [6.45, 7) is 2.66. The highest BCUT2D eigenvalue weighted by atomic mass is 16.5. The Hall–Kier alpha value is -2.42. The number of methoxy groups -OCH3 is 1. The SMILES string of the molecule is COc1ccccc1OCc1cn(C)c2c(C)cccc12. The lowest BCUT2D eigenvalue weighted by Crippen LogP contribution is -1.97. The van der Waals surface area contributed by atoms with Crippen molar-refractivity contribution < 1.29 is 9.47 Å². The Kier molecular flexibility index (Phi) is 3.57. The number of aromatic nitrogens is 1. The van der Waals surface area contributed by atoms with Crippen LogP contribution >= 0.6 is 0 Å². The van der Waals surface area contributed by atoms with Crippen LogP contribution in [0.4, 0.5) is 0 Å². The summed E-state index contributed by atoms with van der Waals surface area (Å²) in [5, 5.41) is 1.24. The smallest absolute Gasteiger partial charge is 0.161 e. The van der Waals surface area contributed by atoms with Gasteiger partial charge in [-0.1, -0.05) is 30.3 Å². The summed E-state index contributed by atoms with van der Waals surface area (Å²) in [7, 11) is 3.73. The van der Waals surface area contributed by atoms with Crippen LogP contribution in [0.5, 0.6) is 11.5 Å². The van der Waals surface area contributed by atoms with E-state index in [9.17, 15) is 0 Å². The molecule has 0 amide bonds. The Morgan fingerprint density at radius 1 is 1.00 bits per heavy atom. The van der Waals surface area contributed by atoms with Gasteiger partial charge in [-0.25, -0.2) is 0 Å². The molecule has 108 valence electrons. The zero-order valence-electron chi connectivity index (χ0n) is 12.6. The minimum absolute atomic E-state index is 0.529. The van der Waals surface area contributed by atoms with Gasteiger partial charge in [0.25, 0.3) is 0 Å². The third kappa shape index (κ3) is 2.47. The molecule has 0 bridgehead atoms. The topological polar surface area (TPSA) is 23.4 Å². The molecule has 3 aromatic rings. The van der Waals surface area contributed by atoms with Crippen LogP contribution in [0.2, 0.25) is 0 Å². The van der Waals surface area contributed by atoms with E-state index in [-0.39, 0.29) is 0 Å². The lowest BCUT2D eigenvalue weighted by atomic mass is 10.1. The minimum Gasteiger partial charge on any atom is -0.493 e. The summed E-state index contributed by atoms with van der Waals surface area (Å²) in [5.41, 5.74) is 3.72. The number of aryl methyl sites for hydroxylation is 2. The molecule has 21 heavy (non-hydrogen) atoms. The molecule has 1 heterocycles. The largest absolute Gasteiger partial charge is 0.493 e. The molecular formula is C18H19NO2. The molecule has 3 rings (SSSR count). The molecule has 0 fully saturated rings. The molecule has 0 N–H and O–H groups in total. The van der Waals surface area contributed by atoms with Gasteiger partial charge in [0.05, 0.1) is 12.6 Å². The molecule has 3 heteroatoms. The van der Waals surface area contributed by atoms with Crippen molar-refractivity contribution >= 4 is 10.9 Å². The first-order valence-corrected chi connectivity index (χ1v) is 7.00. The van der Waals surface area contributed by atoms with Crippen LogP contribution in [0.1, 0.15) is 11.1 Å². The van der Waals surface area contributed by atoms with E-state index >= 15 is 0 Å². The Morgan fingerprint density at radius 2 is 1.76 bits per heavy atom. The average Bonchev–Trinajstić information content (AvgIpc) is 2.83. The molecule has 2 aromatic carbocycles. The molecule has 0 aliphatic heterocycles. The van der Waals surface area contributed by atoms with Crippen molar-refractivity contribution in [2.24, 2.45) is 7.05 Å². The van der Waals surface area contributed by atoms with Gasteiger partial charge in [0.2, 0.25) is 0 Å². The summed E-state index contributed by atoms with van der Waals surface area (Å²) in [6.07, 6.45) is 2.13. The number of hydrogen-bond acceptors (Lipinski definition) is 2. The molecule has 0 atom stereocenters. The van der Waals surface area contributed by atoms with Crippen LogP contribution in [-0.2, 0) is 13.7 Å². The lowest BCUT2D eigenvalue weighted by molar-refractivity contribution is 0.285. The molecule has 0 radical (unpaired) electrons. The van der Waals surface area contributed by atoms with Crippen LogP contribution in [-0.4, -0.2) is 11.7 Å². The molecule has 0 aliphatic rings. The Labute approximate surface area is 124 Å². The predicted octanol–water partition coefficient (Wildman–Crippen LogP) is 4.07. The van der Waals surface area contributed by atoms with Crippen molar-refractivity contribution in [3.8, 4) is 11.5 Å². The van der Waals surface area contributed by atoms with E-state index < -0.39 is 0 Å². The maximum Gasteiger partial charge on any atom is 0.161 e.